The Bertz CT molecular complexity index is 491. The SMILES string of the molecule is CNCc1[nH]nc2cc(C(C)(C)C)ccc12. The van der Waals surface area contributed by atoms with E-state index in [1.54, 1.807) is 0 Å². The van der Waals surface area contributed by atoms with Crippen molar-refractivity contribution >= 4 is 10.9 Å². The maximum atomic E-state index is 4.35. The van der Waals surface area contributed by atoms with Gasteiger partial charge in [-0.25, -0.2) is 0 Å². The van der Waals surface area contributed by atoms with Crippen molar-refractivity contribution in [1.29, 1.82) is 0 Å². The molecule has 0 saturated carbocycles. The minimum Gasteiger partial charge on any atom is -0.314 e. The van der Waals surface area contributed by atoms with Crippen molar-refractivity contribution in [2.24, 2.45) is 0 Å². The van der Waals surface area contributed by atoms with Gasteiger partial charge in [-0.05, 0) is 24.1 Å². The number of fused-ring (bicyclic) bond motifs is 1. The lowest BCUT2D eigenvalue weighted by Gasteiger charge is -2.18. The fraction of sp³-hybridized carbons (Fsp3) is 0.462. The van der Waals surface area contributed by atoms with Gasteiger partial charge in [0.05, 0.1) is 11.2 Å². The van der Waals surface area contributed by atoms with E-state index in [1.165, 1.54) is 10.9 Å². The van der Waals surface area contributed by atoms with Crippen molar-refractivity contribution in [1.82, 2.24) is 15.5 Å². The predicted octanol–water partition coefficient (Wildman–Crippen LogP) is 2.58. The monoisotopic (exact) mass is 217 g/mol. The Kier molecular flexibility index (Phi) is 2.72. The first-order valence-electron chi connectivity index (χ1n) is 5.64. The highest BCUT2D eigenvalue weighted by molar-refractivity contribution is 5.82. The van der Waals surface area contributed by atoms with Crippen molar-refractivity contribution in [3.8, 4) is 0 Å². The highest BCUT2D eigenvalue weighted by Crippen LogP contribution is 2.26. The molecule has 1 heterocycles. The van der Waals surface area contributed by atoms with Crippen LogP contribution < -0.4 is 5.32 Å². The number of hydrogen-bond acceptors (Lipinski definition) is 2. The van der Waals surface area contributed by atoms with Gasteiger partial charge in [0, 0.05) is 11.9 Å². The second-order valence-electron chi connectivity index (χ2n) is 5.21. The van der Waals surface area contributed by atoms with Gasteiger partial charge < -0.3 is 5.32 Å². The predicted molar refractivity (Wildman–Crippen MR) is 67.6 cm³/mol. The second-order valence-corrected chi connectivity index (χ2v) is 5.21. The number of nitrogens with one attached hydrogen (secondary N) is 2. The van der Waals surface area contributed by atoms with E-state index in [2.05, 4.69) is 54.5 Å². The van der Waals surface area contributed by atoms with Crippen molar-refractivity contribution in [2.75, 3.05) is 7.05 Å². The quantitative estimate of drug-likeness (QED) is 0.811. The number of rotatable bonds is 2. The molecule has 1 aromatic heterocycles. The third kappa shape index (κ3) is 1.95. The lowest BCUT2D eigenvalue weighted by atomic mass is 9.86. The van der Waals surface area contributed by atoms with Gasteiger partial charge in [0.2, 0.25) is 0 Å². The Labute approximate surface area is 96.2 Å². The molecule has 0 radical (unpaired) electrons. The van der Waals surface area contributed by atoms with Gasteiger partial charge in [-0.1, -0.05) is 32.9 Å². The first kappa shape index (κ1) is 11.1. The first-order valence-corrected chi connectivity index (χ1v) is 5.64. The minimum atomic E-state index is 0.177. The molecule has 3 heteroatoms. The van der Waals surface area contributed by atoms with Crippen LogP contribution in [0.25, 0.3) is 10.9 Å². The Morgan fingerprint density at radius 3 is 2.69 bits per heavy atom. The van der Waals surface area contributed by atoms with Crippen LogP contribution in [0.3, 0.4) is 0 Å². The number of nitrogens with zero attached hydrogens (tertiary/aromatic N) is 1. The van der Waals surface area contributed by atoms with Gasteiger partial charge in [0.1, 0.15) is 0 Å². The molecule has 0 aliphatic carbocycles. The summed E-state index contributed by atoms with van der Waals surface area (Å²) in [5, 5.41) is 11.8. The topological polar surface area (TPSA) is 40.7 Å². The molecule has 2 aromatic rings. The molecule has 0 aliphatic heterocycles. The van der Waals surface area contributed by atoms with E-state index in [0.717, 1.165) is 17.8 Å². The summed E-state index contributed by atoms with van der Waals surface area (Å²) in [6, 6.07) is 6.52. The standard InChI is InChI=1S/C13H19N3/c1-13(2,3)9-5-6-10-11(7-9)15-16-12(10)8-14-4/h5-7,14H,8H2,1-4H3,(H,15,16). The van der Waals surface area contributed by atoms with Gasteiger partial charge >= 0.3 is 0 Å². The Balaban J connectivity index is 2.49. The molecule has 86 valence electrons. The molecule has 0 unspecified atom stereocenters. The average Bonchev–Trinajstić information content (AvgIpc) is 2.60. The summed E-state index contributed by atoms with van der Waals surface area (Å²) in [6.45, 7) is 7.48. The summed E-state index contributed by atoms with van der Waals surface area (Å²) in [5.41, 5.74) is 3.70. The average molecular weight is 217 g/mol. The molecule has 0 fully saturated rings. The van der Waals surface area contributed by atoms with Gasteiger partial charge in [-0.3, -0.25) is 5.10 Å². The van der Waals surface area contributed by atoms with Gasteiger partial charge in [-0.2, -0.15) is 5.10 Å². The lowest BCUT2D eigenvalue weighted by Crippen LogP contribution is -2.10. The molecule has 16 heavy (non-hydrogen) atoms. The maximum Gasteiger partial charge on any atom is 0.0927 e. The Hall–Kier alpha value is -1.35. The van der Waals surface area contributed by atoms with E-state index in [-0.39, 0.29) is 5.41 Å². The molecule has 3 nitrogen and oxygen atoms in total. The third-order valence-electron chi connectivity index (χ3n) is 2.85. The van der Waals surface area contributed by atoms with Crippen molar-refractivity contribution in [3.63, 3.8) is 0 Å². The summed E-state index contributed by atoms with van der Waals surface area (Å²) in [4.78, 5) is 0. The van der Waals surface area contributed by atoms with E-state index >= 15 is 0 Å². The van der Waals surface area contributed by atoms with Crippen LogP contribution in [0.4, 0.5) is 0 Å². The van der Waals surface area contributed by atoms with Crippen LogP contribution in [0.1, 0.15) is 32.0 Å². The number of aromatic nitrogens is 2. The van der Waals surface area contributed by atoms with Crippen molar-refractivity contribution in [2.45, 2.75) is 32.7 Å². The molecule has 0 aliphatic rings. The summed E-state index contributed by atoms with van der Waals surface area (Å²) < 4.78 is 0. The summed E-state index contributed by atoms with van der Waals surface area (Å²) in [5.74, 6) is 0. The van der Waals surface area contributed by atoms with Crippen LogP contribution in [-0.4, -0.2) is 17.2 Å². The fourth-order valence-corrected chi connectivity index (χ4v) is 1.85. The Morgan fingerprint density at radius 2 is 2.06 bits per heavy atom. The molecule has 1 aromatic carbocycles. The second kappa shape index (κ2) is 3.91. The van der Waals surface area contributed by atoms with Gasteiger partial charge in [-0.15, -0.1) is 0 Å². The molecule has 0 atom stereocenters. The molecular weight excluding hydrogens is 198 g/mol. The fourth-order valence-electron chi connectivity index (χ4n) is 1.85. The van der Waals surface area contributed by atoms with Crippen LogP contribution in [0.2, 0.25) is 0 Å². The van der Waals surface area contributed by atoms with E-state index in [0.29, 0.717) is 0 Å². The van der Waals surface area contributed by atoms with Gasteiger partial charge in [0.25, 0.3) is 0 Å². The molecular formula is C13H19N3. The molecule has 0 spiro atoms. The normalized spacial score (nSPS) is 12.2. The van der Waals surface area contributed by atoms with Crippen LogP contribution in [-0.2, 0) is 12.0 Å². The number of aromatic amines is 1. The molecule has 0 amide bonds. The smallest absolute Gasteiger partial charge is 0.0927 e. The Morgan fingerprint density at radius 1 is 1.31 bits per heavy atom. The molecule has 2 rings (SSSR count). The van der Waals surface area contributed by atoms with Crippen LogP contribution in [0, 0.1) is 0 Å². The highest BCUT2D eigenvalue weighted by atomic mass is 15.1. The van der Waals surface area contributed by atoms with Crippen LogP contribution >= 0.6 is 0 Å². The van der Waals surface area contributed by atoms with Crippen LogP contribution in [0.15, 0.2) is 18.2 Å². The summed E-state index contributed by atoms with van der Waals surface area (Å²) in [7, 11) is 1.94. The number of H-pyrrole nitrogens is 1. The summed E-state index contributed by atoms with van der Waals surface area (Å²) in [6.07, 6.45) is 0. The molecule has 0 saturated heterocycles. The number of hydrogen-bond donors (Lipinski definition) is 2. The minimum absolute atomic E-state index is 0.177. The van der Waals surface area contributed by atoms with E-state index in [9.17, 15) is 0 Å². The van der Waals surface area contributed by atoms with E-state index in [4.69, 9.17) is 0 Å². The number of benzene rings is 1. The van der Waals surface area contributed by atoms with Crippen molar-refractivity contribution in [3.05, 3.63) is 29.5 Å². The van der Waals surface area contributed by atoms with Crippen LogP contribution in [0.5, 0.6) is 0 Å². The van der Waals surface area contributed by atoms with E-state index < -0.39 is 0 Å². The third-order valence-corrected chi connectivity index (χ3v) is 2.85. The zero-order chi connectivity index (χ0) is 11.8. The summed E-state index contributed by atoms with van der Waals surface area (Å²) >= 11 is 0. The molecule has 0 bridgehead atoms. The zero-order valence-corrected chi connectivity index (χ0v) is 10.4. The first-order chi connectivity index (χ1) is 7.52. The molecule has 2 N–H and O–H groups in total. The van der Waals surface area contributed by atoms with E-state index in [1.807, 2.05) is 7.05 Å². The largest absolute Gasteiger partial charge is 0.314 e. The van der Waals surface area contributed by atoms with Gasteiger partial charge in [0.15, 0.2) is 0 Å². The highest BCUT2D eigenvalue weighted by Gasteiger charge is 2.15. The van der Waals surface area contributed by atoms with Crippen molar-refractivity contribution < 1.29 is 0 Å². The lowest BCUT2D eigenvalue weighted by molar-refractivity contribution is 0.591. The maximum absolute atomic E-state index is 4.35. The zero-order valence-electron chi connectivity index (χ0n) is 10.4.